The molecule has 2 heterocycles. The van der Waals surface area contributed by atoms with Crippen LogP contribution in [0.15, 0.2) is 48.5 Å². The number of nitrogens with zero attached hydrogens (tertiary/aromatic N) is 6. The van der Waals surface area contributed by atoms with Crippen molar-refractivity contribution in [3.63, 3.8) is 0 Å². The number of benzene rings is 2. The number of rotatable bonds is 7. The number of aryl methyl sites for hydroxylation is 1. The lowest BCUT2D eigenvalue weighted by molar-refractivity contribution is 0.00756. The van der Waals surface area contributed by atoms with Crippen molar-refractivity contribution in [2.75, 3.05) is 0 Å². The SMILES string of the molecule is CCCc1nc(C(C)(F)F)nn1Cc1ccc(-c2cccc(-c3nnn[nH]3)c2)cc1. The molecular formula is C21H21F2N7. The van der Waals surface area contributed by atoms with E-state index in [1.807, 2.05) is 55.5 Å². The van der Waals surface area contributed by atoms with Crippen LogP contribution in [-0.4, -0.2) is 35.4 Å². The first-order valence-electron chi connectivity index (χ1n) is 9.69. The van der Waals surface area contributed by atoms with Crippen molar-refractivity contribution in [1.29, 1.82) is 0 Å². The van der Waals surface area contributed by atoms with E-state index in [-0.39, 0.29) is 0 Å². The van der Waals surface area contributed by atoms with E-state index in [1.54, 1.807) is 4.68 Å². The first-order valence-corrected chi connectivity index (χ1v) is 9.69. The van der Waals surface area contributed by atoms with Crippen LogP contribution in [-0.2, 0) is 18.9 Å². The Morgan fingerprint density at radius 1 is 1.03 bits per heavy atom. The molecule has 0 aliphatic rings. The monoisotopic (exact) mass is 409 g/mol. The van der Waals surface area contributed by atoms with Crippen LogP contribution in [0.1, 0.15) is 37.5 Å². The molecule has 9 heteroatoms. The fourth-order valence-corrected chi connectivity index (χ4v) is 3.20. The van der Waals surface area contributed by atoms with Gasteiger partial charge in [0, 0.05) is 18.9 Å². The summed E-state index contributed by atoms with van der Waals surface area (Å²) in [7, 11) is 0. The van der Waals surface area contributed by atoms with Crippen LogP contribution in [0.4, 0.5) is 8.78 Å². The van der Waals surface area contributed by atoms with Gasteiger partial charge in [0.05, 0.1) is 6.54 Å². The van der Waals surface area contributed by atoms with Gasteiger partial charge >= 0.3 is 5.92 Å². The highest BCUT2D eigenvalue weighted by atomic mass is 19.3. The van der Waals surface area contributed by atoms with Crippen molar-refractivity contribution in [2.24, 2.45) is 0 Å². The minimum Gasteiger partial charge on any atom is -0.245 e. The van der Waals surface area contributed by atoms with Crippen molar-refractivity contribution < 1.29 is 8.78 Å². The maximum atomic E-state index is 13.6. The molecule has 7 nitrogen and oxygen atoms in total. The molecule has 0 aliphatic carbocycles. The summed E-state index contributed by atoms with van der Waals surface area (Å²) in [5.74, 6) is -2.30. The molecule has 154 valence electrons. The van der Waals surface area contributed by atoms with Crippen LogP contribution in [0.5, 0.6) is 0 Å². The van der Waals surface area contributed by atoms with Gasteiger partial charge in [-0.2, -0.15) is 8.78 Å². The van der Waals surface area contributed by atoms with Gasteiger partial charge in [-0.15, -0.1) is 10.2 Å². The van der Waals surface area contributed by atoms with E-state index in [0.29, 0.717) is 24.6 Å². The zero-order valence-corrected chi connectivity index (χ0v) is 16.7. The molecule has 0 saturated heterocycles. The molecule has 0 fully saturated rings. The summed E-state index contributed by atoms with van der Waals surface area (Å²) in [5.41, 5.74) is 3.90. The highest BCUT2D eigenvalue weighted by Crippen LogP contribution is 2.26. The van der Waals surface area contributed by atoms with Gasteiger partial charge in [-0.05, 0) is 39.6 Å². The number of aromatic amines is 1. The number of H-pyrrole nitrogens is 1. The zero-order chi connectivity index (χ0) is 21.1. The number of hydrogen-bond acceptors (Lipinski definition) is 5. The van der Waals surface area contributed by atoms with E-state index in [4.69, 9.17) is 0 Å². The predicted octanol–water partition coefficient (Wildman–Crippen LogP) is 4.24. The average Bonchev–Trinajstić information content (AvgIpc) is 3.40. The minimum absolute atomic E-state index is 0.391. The van der Waals surface area contributed by atoms with E-state index < -0.39 is 11.7 Å². The van der Waals surface area contributed by atoms with Crippen LogP contribution in [0.2, 0.25) is 0 Å². The molecule has 0 saturated carbocycles. The first-order chi connectivity index (χ1) is 14.4. The quantitative estimate of drug-likeness (QED) is 0.494. The van der Waals surface area contributed by atoms with Crippen molar-refractivity contribution >= 4 is 0 Å². The molecular weight excluding hydrogens is 388 g/mol. The second-order valence-corrected chi connectivity index (χ2v) is 7.18. The maximum Gasteiger partial charge on any atom is 0.305 e. The van der Waals surface area contributed by atoms with Gasteiger partial charge in [0.25, 0.3) is 0 Å². The Kier molecular flexibility index (Phi) is 5.35. The van der Waals surface area contributed by atoms with Gasteiger partial charge in [0.15, 0.2) is 5.82 Å². The highest BCUT2D eigenvalue weighted by Gasteiger charge is 2.31. The van der Waals surface area contributed by atoms with Crippen molar-refractivity contribution in [1.82, 2.24) is 35.4 Å². The predicted molar refractivity (Wildman–Crippen MR) is 108 cm³/mol. The number of hydrogen-bond donors (Lipinski definition) is 1. The van der Waals surface area contributed by atoms with Gasteiger partial charge in [-0.3, -0.25) is 0 Å². The third-order valence-electron chi connectivity index (χ3n) is 4.72. The smallest absolute Gasteiger partial charge is 0.245 e. The standard InChI is InChI=1S/C21H21F2N7/c1-3-5-18-24-20(21(2,22)23)27-30(18)13-14-8-10-15(11-9-14)16-6-4-7-17(12-16)19-25-28-29-26-19/h4,6-12H,3,5,13H2,1-2H3,(H,25,26,28,29). The van der Waals surface area contributed by atoms with E-state index in [9.17, 15) is 8.78 Å². The van der Waals surface area contributed by atoms with Gasteiger partial charge in [-0.1, -0.05) is 49.4 Å². The molecule has 0 amide bonds. The maximum absolute atomic E-state index is 13.6. The van der Waals surface area contributed by atoms with Crippen molar-refractivity contribution in [3.8, 4) is 22.5 Å². The Balaban J connectivity index is 1.56. The van der Waals surface area contributed by atoms with E-state index in [2.05, 4.69) is 30.7 Å². The molecule has 0 atom stereocenters. The fraction of sp³-hybridized carbons (Fsp3) is 0.286. The van der Waals surface area contributed by atoms with Crippen molar-refractivity contribution in [3.05, 3.63) is 65.7 Å². The lowest BCUT2D eigenvalue weighted by Crippen LogP contribution is -2.11. The molecule has 30 heavy (non-hydrogen) atoms. The number of nitrogens with one attached hydrogen (secondary N) is 1. The Hall–Kier alpha value is -3.49. The van der Waals surface area contributed by atoms with Crippen LogP contribution in [0.25, 0.3) is 22.5 Å². The van der Waals surface area contributed by atoms with Gasteiger partial charge in [-0.25, -0.2) is 14.8 Å². The summed E-state index contributed by atoms with van der Waals surface area (Å²) < 4.78 is 28.9. The summed E-state index contributed by atoms with van der Waals surface area (Å²) in [6.45, 7) is 3.20. The van der Waals surface area contributed by atoms with E-state index in [0.717, 1.165) is 35.6 Å². The second kappa shape index (κ2) is 8.10. The third kappa shape index (κ3) is 4.24. The molecule has 2 aromatic heterocycles. The van der Waals surface area contributed by atoms with Crippen LogP contribution in [0, 0.1) is 0 Å². The Morgan fingerprint density at radius 3 is 2.47 bits per heavy atom. The summed E-state index contributed by atoms with van der Waals surface area (Å²) in [6.07, 6.45) is 1.41. The van der Waals surface area contributed by atoms with Gasteiger partial charge in [0.2, 0.25) is 5.82 Å². The molecule has 4 rings (SSSR count). The second-order valence-electron chi connectivity index (χ2n) is 7.18. The highest BCUT2D eigenvalue weighted by molar-refractivity contribution is 5.70. The molecule has 1 N–H and O–H groups in total. The van der Waals surface area contributed by atoms with E-state index >= 15 is 0 Å². The first kappa shape index (κ1) is 19.8. The number of tetrazole rings is 1. The minimum atomic E-state index is -3.05. The number of aromatic nitrogens is 7. The van der Waals surface area contributed by atoms with Gasteiger partial charge < -0.3 is 0 Å². The molecule has 0 unspecified atom stereocenters. The summed E-state index contributed by atoms with van der Waals surface area (Å²) in [5, 5.41) is 18.0. The fourth-order valence-electron chi connectivity index (χ4n) is 3.20. The summed E-state index contributed by atoms with van der Waals surface area (Å²) in [6, 6.07) is 15.8. The average molecular weight is 409 g/mol. The summed E-state index contributed by atoms with van der Waals surface area (Å²) >= 11 is 0. The molecule has 2 aromatic carbocycles. The molecule has 0 spiro atoms. The number of halogens is 2. The van der Waals surface area contributed by atoms with E-state index in [1.165, 1.54) is 0 Å². The number of alkyl halides is 2. The Bertz CT molecular complexity index is 1110. The van der Waals surface area contributed by atoms with Crippen LogP contribution < -0.4 is 0 Å². The Morgan fingerprint density at radius 2 is 1.80 bits per heavy atom. The van der Waals surface area contributed by atoms with Crippen LogP contribution in [0.3, 0.4) is 0 Å². The normalized spacial score (nSPS) is 11.7. The Labute approximate surface area is 172 Å². The largest absolute Gasteiger partial charge is 0.305 e. The van der Waals surface area contributed by atoms with Crippen molar-refractivity contribution in [2.45, 2.75) is 39.2 Å². The zero-order valence-electron chi connectivity index (χ0n) is 16.7. The lowest BCUT2D eigenvalue weighted by atomic mass is 10.0. The third-order valence-corrected chi connectivity index (χ3v) is 4.72. The molecule has 0 aliphatic heterocycles. The summed E-state index contributed by atoms with van der Waals surface area (Å²) in [4.78, 5) is 4.05. The topological polar surface area (TPSA) is 85.2 Å². The molecule has 4 aromatic rings. The van der Waals surface area contributed by atoms with Crippen LogP contribution >= 0.6 is 0 Å². The van der Waals surface area contributed by atoms with Gasteiger partial charge in [0.1, 0.15) is 5.82 Å². The molecule has 0 bridgehead atoms. The lowest BCUT2D eigenvalue weighted by Gasteiger charge is -2.08. The molecule has 0 radical (unpaired) electrons.